The molecule has 1 saturated heterocycles. The molecule has 1 heterocycles. The van der Waals surface area contributed by atoms with E-state index in [0.717, 1.165) is 25.2 Å². The Morgan fingerprint density at radius 3 is 2.95 bits per heavy atom. The number of nitrogens with one attached hydrogen (secondary N) is 2. The maximum absolute atomic E-state index is 12.7. The highest BCUT2D eigenvalue weighted by Crippen LogP contribution is 2.37. The second-order valence-electron chi connectivity index (χ2n) is 7.01. The van der Waals surface area contributed by atoms with Crippen molar-refractivity contribution in [3.05, 3.63) is 33.8 Å². The van der Waals surface area contributed by atoms with E-state index < -0.39 is 0 Å². The predicted octanol–water partition coefficient (Wildman–Crippen LogP) is 3.47. The van der Waals surface area contributed by atoms with Gasteiger partial charge in [0.1, 0.15) is 0 Å². The molecular formula is C18H23BrN2O. The summed E-state index contributed by atoms with van der Waals surface area (Å²) in [6, 6.07) is 7.09. The molecule has 4 rings (SSSR count). The van der Waals surface area contributed by atoms with Crippen molar-refractivity contribution in [3.63, 3.8) is 0 Å². The summed E-state index contributed by atoms with van der Waals surface area (Å²) in [5, 5.41) is 6.87. The van der Waals surface area contributed by atoms with Gasteiger partial charge in [0.15, 0.2) is 0 Å². The molecule has 1 aromatic carbocycles. The number of hydrogen-bond acceptors (Lipinski definition) is 2. The summed E-state index contributed by atoms with van der Waals surface area (Å²) < 4.78 is 1.17. The van der Waals surface area contributed by atoms with Gasteiger partial charge in [-0.2, -0.15) is 0 Å². The van der Waals surface area contributed by atoms with Gasteiger partial charge < -0.3 is 10.6 Å². The molecule has 0 aromatic heterocycles. The molecule has 0 bridgehead atoms. The van der Waals surface area contributed by atoms with Crippen LogP contribution in [0.15, 0.2) is 22.7 Å². The molecule has 4 heteroatoms. The van der Waals surface area contributed by atoms with Crippen molar-refractivity contribution in [2.24, 2.45) is 5.92 Å². The predicted molar refractivity (Wildman–Crippen MR) is 90.6 cm³/mol. The van der Waals surface area contributed by atoms with E-state index in [1.54, 1.807) is 0 Å². The van der Waals surface area contributed by atoms with E-state index in [9.17, 15) is 4.79 Å². The highest BCUT2D eigenvalue weighted by Gasteiger charge is 2.39. The Labute approximate surface area is 140 Å². The third kappa shape index (κ3) is 2.61. The fourth-order valence-electron chi connectivity index (χ4n) is 4.55. The molecule has 22 heavy (non-hydrogen) atoms. The Kier molecular flexibility index (Phi) is 3.99. The molecule has 0 spiro atoms. The minimum absolute atomic E-state index is 0.0179. The van der Waals surface area contributed by atoms with E-state index in [2.05, 4.69) is 44.8 Å². The Hall–Kier alpha value is -0.870. The molecule has 1 saturated carbocycles. The molecule has 0 radical (unpaired) electrons. The molecule has 2 aliphatic carbocycles. The van der Waals surface area contributed by atoms with Gasteiger partial charge >= 0.3 is 0 Å². The summed E-state index contributed by atoms with van der Waals surface area (Å²) in [6.45, 7) is 0. The number of halogens is 1. The van der Waals surface area contributed by atoms with Crippen LogP contribution in [0, 0.1) is 5.92 Å². The molecule has 4 unspecified atom stereocenters. The van der Waals surface area contributed by atoms with Crippen molar-refractivity contribution in [2.45, 2.75) is 63.1 Å². The fourth-order valence-corrected chi connectivity index (χ4v) is 5.13. The second-order valence-corrected chi connectivity index (χ2v) is 7.87. The first-order valence-electron chi connectivity index (χ1n) is 8.56. The maximum atomic E-state index is 12.7. The smallest absolute Gasteiger partial charge is 0.237 e. The first-order chi connectivity index (χ1) is 10.7. The normalized spacial score (nSPS) is 33.3. The third-order valence-corrected chi connectivity index (χ3v) is 6.45. The fraction of sp³-hybridized carbons (Fsp3) is 0.611. The van der Waals surface area contributed by atoms with E-state index in [4.69, 9.17) is 0 Å². The zero-order chi connectivity index (χ0) is 15.1. The van der Waals surface area contributed by atoms with Gasteiger partial charge in [0.2, 0.25) is 5.91 Å². The summed E-state index contributed by atoms with van der Waals surface area (Å²) in [7, 11) is 0. The largest absolute Gasteiger partial charge is 0.348 e. The molecule has 3 aliphatic rings. The van der Waals surface area contributed by atoms with Crippen molar-refractivity contribution in [1.82, 2.24) is 10.6 Å². The van der Waals surface area contributed by atoms with E-state index in [-0.39, 0.29) is 18.0 Å². The van der Waals surface area contributed by atoms with Gasteiger partial charge in [-0.1, -0.05) is 40.9 Å². The summed E-state index contributed by atoms with van der Waals surface area (Å²) in [6.07, 6.45) is 8.27. The van der Waals surface area contributed by atoms with Crippen LogP contribution < -0.4 is 10.6 Å². The van der Waals surface area contributed by atoms with Crippen molar-refractivity contribution in [1.29, 1.82) is 0 Å². The number of hydrogen-bond donors (Lipinski definition) is 2. The van der Waals surface area contributed by atoms with Crippen molar-refractivity contribution in [3.8, 4) is 0 Å². The highest BCUT2D eigenvalue weighted by atomic mass is 79.9. The lowest BCUT2D eigenvalue weighted by atomic mass is 9.85. The number of fused-ring (bicyclic) bond motifs is 2. The molecule has 118 valence electrons. The number of amides is 1. The van der Waals surface area contributed by atoms with E-state index in [1.165, 1.54) is 41.3 Å². The lowest BCUT2D eigenvalue weighted by Crippen LogP contribution is -2.44. The van der Waals surface area contributed by atoms with Crippen LogP contribution in [0.2, 0.25) is 0 Å². The molecular weight excluding hydrogens is 340 g/mol. The van der Waals surface area contributed by atoms with Gasteiger partial charge in [-0.25, -0.2) is 0 Å². The first kappa shape index (κ1) is 14.7. The zero-order valence-corrected chi connectivity index (χ0v) is 14.4. The van der Waals surface area contributed by atoms with Crippen molar-refractivity contribution in [2.75, 3.05) is 0 Å². The lowest BCUT2D eigenvalue weighted by Gasteiger charge is -2.24. The van der Waals surface area contributed by atoms with Crippen LogP contribution in [-0.4, -0.2) is 18.0 Å². The molecule has 2 N–H and O–H groups in total. The minimum atomic E-state index is 0.0179. The summed E-state index contributed by atoms with van der Waals surface area (Å²) in [5.74, 6) is 0.918. The standard InChI is InChI=1S/C18H23BrN2O/c19-14-6-3-5-13-12(14)8-9-16(13)21-18(22)17-10-11-4-1-2-7-15(11)20-17/h3,5-6,11,15-17,20H,1-2,4,7-10H2,(H,21,22). The van der Waals surface area contributed by atoms with Crippen LogP contribution in [0.5, 0.6) is 0 Å². The Balaban J connectivity index is 1.43. The summed E-state index contributed by atoms with van der Waals surface area (Å²) >= 11 is 3.62. The SMILES string of the molecule is O=C(NC1CCc2c(Br)cccc21)C1CC2CCCCC2N1. The van der Waals surface area contributed by atoms with Crippen molar-refractivity contribution >= 4 is 21.8 Å². The second kappa shape index (κ2) is 5.97. The van der Waals surface area contributed by atoms with Gasteiger partial charge in [-0.05, 0) is 55.2 Å². The molecule has 1 aliphatic heterocycles. The number of carbonyl (C=O) groups is 1. The lowest BCUT2D eigenvalue weighted by molar-refractivity contribution is -0.123. The van der Waals surface area contributed by atoms with Gasteiger partial charge in [0.05, 0.1) is 12.1 Å². The molecule has 4 atom stereocenters. The first-order valence-corrected chi connectivity index (χ1v) is 9.35. The average Bonchev–Trinajstić information content (AvgIpc) is 3.12. The van der Waals surface area contributed by atoms with E-state index in [0.29, 0.717) is 6.04 Å². The Bertz CT molecular complexity index is 574. The topological polar surface area (TPSA) is 41.1 Å². The average molecular weight is 363 g/mol. The van der Waals surface area contributed by atoms with Crippen LogP contribution >= 0.6 is 15.9 Å². The number of benzene rings is 1. The van der Waals surface area contributed by atoms with Gasteiger partial charge in [0, 0.05) is 10.5 Å². The van der Waals surface area contributed by atoms with Gasteiger partial charge in [0.25, 0.3) is 0 Å². The Morgan fingerprint density at radius 1 is 1.23 bits per heavy atom. The monoisotopic (exact) mass is 362 g/mol. The highest BCUT2D eigenvalue weighted by molar-refractivity contribution is 9.10. The zero-order valence-electron chi connectivity index (χ0n) is 12.8. The molecule has 1 aromatic rings. The Morgan fingerprint density at radius 2 is 2.09 bits per heavy atom. The van der Waals surface area contributed by atoms with Crippen LogP contribution in [0.3, 0.4) is 0 Å². The van der Waals surface area contributed by atoms with E-state index in [1.807, 2.05) is 0 Å². The van der Waals surface area contributed by atoms with Gasteiger partial charge in [-0.15, -0.1) is 0 Å². The third-order valence-electron chi connectivity index (χ3n) is 5.71. The number of carbonyl (C=O) groups excluding carboxylic acids is 1. The maximum Gasteiger partial charge on any atom is 0.237 e. The summed E-state index contributed by atoms with van der Waals surface area (Å²) in [5.41, 5.74) is 2.65. The van der Waals surface area contributed by atoms with Gasteiger partial charge in [-0.3, -0.25) is 4.79 Å². The quantitative estimate of drug-likeness (QED) is 0.845. The summed E-state index contributed by atoms with van der Waals surface area (Å²) in [4.78, 5) is 12.7. The van der Waals surface area contributed by atoms with Crippen LogP contribution in [-0.2, 0) is 11.2 Å². The molecule has 1 amide bonds. The van der Waals surface area contributed by atoms with Crippen LogP contribution in [0.4, 0.5) is 0 Å². The number of rotatable bonds is 2. The van der Waals surface area contributed by atoms with Crippen LogP contribution in [0.1, 0.15) is 55.7 Å². The van der Waals surface area contributed by atoms with E-state index >= 15 is 0 Å². The molecule has 2 fully saturated rings. The van der Waals surface area contributed by atoms with Crippen LogP contribution in [0.25, 0.3) is 0 Å². The van der Waals surface area contributed by atoms with Crippen molar-refractivity contribution < 1.29 is 4.79 Å². The molecule has 3 nitrogen and oxygen atoms in total. The minimum Gasteiger partial charge on any atom is -0.348 e.